The van der Waals surface area contributed by atoms with E-state index in [0.29, 0.717) is 17.7 Å². The van der Waals surface area contributed by atoms with Gasteiger partial charge in [0.1, 0.15) is 11.4 Å². The number of anilines is 1. The number of carbonyl (C=O) groups is 1. The SMILES string of the molecule is CCn1cc(C(=O)Nc2cc(C)nc3ccc(Br)cc23)c(=O)c2cc(F)ccc21. The van der Waals surface area contributed by atoms with Gasteiger partial charge in [-0.15, -0.1) is 0 Å². The lowest BCUT2D eigenvalue weighted by Crippen LogP contribution is -2.24. The third kappa shape index (κ3) is 3.53. The Morgan fingerprint density at radius 1 is 1.17 bits per heavy atom. The molecule has 2 heterocycles. The Bertz CT molecular complexity index is 1350. The van der Waals surface area contributed by atoms with E-state index < -0.39 is 17.2 Å². The molecule has 2 aromatic heterocycles. The summed E-state index contributed by atoms with van der Waals surface area (Å²) in [4.78, 5) is 30.4. The molecule has 4 aromatic rings. The van der Waals surface area contributed by atoms with Gasteiger partial charge in [-0.25, -0.2) is 4.39 Å². The van der Waals surface area contributed by atoms with Crippen LogP contribution in [-0.4, -0.2) is 15.5 Å². The highest BCUT2D eigenvalue weighted by Gasteiger charge is 2.17. The number of fused-ring (bicyclic) bond motifs is 2. The van der Waals surface area contributed by atoms with E-state index in [1.165, 1.54) is 18.3 Å². The van der Waals surface area contributed by atoms with Crippen LogP contribution >= 0.6 is 15.9 Å². The minimum Gasteiger partial charge on any atom is -0.347 e. The number of nitrogens with zero attached hydrogens (tertiary/aromatic N) is 2. The van der Waals surface area contributed by atoms with Gasteiger partial charge in [0, 0.05) is 33.7 Å². The fourth-order valence-electron chi connectivity index (χ4n) is 3.42. The molecule has 0 aliphatic carbocycles. The molecular weight excluding hydrogens is 437 g/mol. The maximum atomic E-state index is 13.7. The summed E-state index contributed by atoms with van der Waals surface area (Å²) in [6, 6.07) is 11.4. The molecule has 1 N–H and O–H groups in total. The first kappa shape index (κ1) is 19.3. The summed E-state index contributed by atoms with van der Waals surface area (Å²) < 4.78 is 16.3. The molecule has 0 spiro atoms. The fraction of sp³-hybridized carbons (Fsp3) is 0.136. The summed E-state index contributed by atoms with van der Waals surface area (Å²) in [5, 5.41) is 3.76. The summed E-state index contributed by atoms with van der Waals surface area (Å²) in [5.41, 5.74) is 2.07. The number of hydrogen-bond donors (Lipinski definition) is 1. The lowest BCUT2D eigenvalue weighted by Gasteiger charge is -2.13. The standard InChI is InChI=1S/C22H17BrFN3O2/c1-3-27-11-17(21(28)16-10-14(24)5-7-20(16)27)22(29)26-19-8-12(2)25-18-6-4-13(23)9-15(18)19/h4-11H,3H2,1-2H3,(H,25,26,29). The highest BCUT2D eigenvalue weighted by molar-refractivity contribution is 9.10. The van der Waals surface area contributed by atoms with Crippen LogP contribution < -0.4 is 10.7 Å². The Kier molecular flexibility index (Phi) is 4.92. The summed E-state index contributed by atoms with van der Waals surface area (Å²) in [5.74, 6) is -1.06. The lowest BCUT2D eigenvalue weighted by atomic mass is 10.1. The van der Waals surface area contributed by atoms with E-state index in [4.69, 9.17) is 0 Å². The molecule has 146 valence electrons. The molecule has 4 rings (SSSR count). The zero-order valence-corrected chi connectivity index (χ0v) is 17.4. The number of hydrogen-bond acceptors (Lipinski definition) is 3. The maximum absolute atomic E-state index is 13.7. The normalized spacial score (nSPS) is 11.2. The minimum atomic E-state index is -0.546. The number of amides is 1. The Labute approximate surface area is 174 Å². The summed E-state index contributed by atoms with van der Waals surface area (Å²) in [6.07, 6.45) is 1.52. The zero-order valence-electron chi connectivity index (χ0n) is 15.8. The van der Waals surface area contributed by atoms with Gasteiger partial charge in [-0.2, -0.15) is 0 Å². The van der Waals surface area contributed by atoms with Crippen LogP contribution in [0, 0.1) is 12.7 Å². The molecule has 0 aliphatic rings. The number of carbonyl (C=O) groups excluding carboxylic acids is 1. The van der Waals surface area contributed by atoms with Crippen LogP contribution in [0.15, 0.2) is 57.9 Å². The number of nitrogens with one attached hydrogen (secondary N) is 1. The first-order valence-electron chi connectivity index (χ1n) is 9.08. The molecule has 7 heteroatoms. The van der Waals surface area contributed by atoms with Crippen LogP contribution in [0.2, 0.25) is 0 Å². The van der Waals surface area contributed by atoms with Crippen LogP contribution in [0.1, 0.15) is 23.0 Å². The van der Waals surface area contributed by atoms with Crippen molar-refractivity contribution in [1.82, 2.24) is 9.55 Å². The zero-order chi connectivity index (χ0) is 20.7. The lowest BCUT2D eigenvalue weighted by molar-refractivity contribution is 0.102. The van der Waals surface area contributed by atoms with Crippen molar-refractivity contribution in [1.29, 1.82) is 0 Å². The molecule has 2 aromatic carbocycles. The molecule has 0 saturated carbocycles. The quantitative estimate of drug-likeness (QED) is 0.472. The van der Waals surface area contributed by atoms with Gasteiger partial charge in [0.05, 0.1) is 16.7 Å². The van der Waals surface area contributed by atoms with E-state index in [0.717, 1.165) is 21.1 Å². The first-order chi connectivity index (χ1) is 13.9. The van der Waals surface area contributed by atoms with Crippen molar-refractivity contribution < 1.29 is 9.18 Å². The summed E-state index contributed by atoms with van der Waals surface area (Å²) >= 11 is 3.43. The van der Waals surface area contributed by atoms with E-state index >= 15 is 0 Å². The van der Waals surface area contributed by atoms with E-state index in [1.54, 1.807) is 16.7 Å². The van der Waals surface area contributed by atoms with Crippen LogP contribution in [0.3, 0.4) is 0 Å². The molecule has 1 amide bonds. The topological polar surface area (TPSA) is 64.0 Å². The van der Waals surface area contributed by atoms with E-state index in [-0.39, 0.29) is 10.9 Å². The molecule has 0 bridgehead atoms. The van der Waals surface area contributed by atoms with Gasteiger partial charge in [0.2, 0.25) is 5.43 Å². The first-order valence-corrected chi connectivity index (χ1v) is 9.87. The number of rotatable bonds is 3. The van der Waals surface area contributed by atoms with Crippen molar-refractivity contribution >= 4 is 49.3 Å². The van der Waals surface area contributed by atoms with Crippen LogP contribution in [0.25, 0.3) is 21.8 Å². The molecule has 0 unspecified atom stereocenters. The fourth-order valence-corrected chi connectivity index (χ4v) is 3.78. The molecule has 0 atom stereocenters. The second-order valence-corrected chi connectivity index (χ2v) is 7.66. The number of pyridine rings is 2. The Morgan fingerprint density at radius 3 is 2.72 bits per heavy atom. The van der Waals surface area contributed by atoms with Crippen LogP contribution in [0.5, 0.6) is 0 Å². The summed E-state index contributed by atoms with van der Waals surface area (Å²) in [6.45, 7) is 4.26. The van der Waals surface area contributed by atoms with Gasteiger partial charge in [0.25, 0.3) is 5.91 Å². The Morgan fingerprint density at radius 2 is 1.97 bits per heavy atom. The second-order valence-electron chi connectivity index (χ2n) is 6.75. The molecule has 5 nitrogen and oxygen atoms in total. The van der Waals surface area contributed by atoms with Crippen molar-refractivity contribution in [2.45, 2.75) is 20.4 Å². The van der Waals surface area contributed by atoms with Crippen molar-refractivity contribution in [3.8, 4) is 0 Å². The molecule has 0 radical (unpaired) electrons. The third-order valence-electron chi connectivity index (χ3n) is 4.77. The van der Waals surface area contributed by atoms with Crippen LogP contribution in [-0.2, 0) is 6.54 Å². The third-order valence-corrected chi connectivity index (χ3v) is 5.27. The van der Waals surface area contributed by atoms with Crippen molar-refractivity contribution in [3.63, 3.8) is 0 Å². The van der Waals surface area contributed by atoms with Crippen molar-refractivity contribution in [2.24, 2.45) is 0 Å². The summed E-state index contributed by atoms with van der Waals surface area (Å²) in [7, 11) is 0. The monoisotopic (exact) mass is 453 g/mol. The number of aromatic nitrogens is 2. The largest absolute Gasteiger partial charge is 0.347 e. The van der Waals surface area contributed by atoms with E-state index in [2.05, 4.69) is 26.2 Å². The van der Waals surface area contributed by atoms with Gasteiger partial charge in [0.15, 0.2) is 0 Å². The van der Waals surface area contributed by atoms with Gasteiger partial charge in [-0.1, -0.05) is 15.9 Å². The average Bonchev–Trinajstić information content (AvgIpc) is 2.69. The minimum absolute atomic E-state index is 0.0393. The maximum Gasteiger partial charge on any atom is 0.261 e. The number of benzene rings is 2. The smallest absolute Gasteiger partial charge is 0.261 e. The molecular formula is C22H17BrFN3O2. The second kappa shape index (κ2) is 7.40. The van der Waals surface area contributed by atoms with Gasteiger partial charge in [-0.05, 0) is 56.3 Å². The number of halogens is 2. The predicted molar refractivity (Wildman–Crippen MR) is 116 cm³/mol. The van der Waals surface area contributed by atoms with E-state index in [9.17, 15) is 14.0 Å². The highest BCUT2D eigenvalue weighted by Crippen LogP contribution is 2.27. The van der Waals surface area contributed by atoms with E-state index in [1.807, 2.05) is 32.0 Å². The van der Waals surface area contributed by atoms with Gasteiger partial charge in [-0.3, -0.25) is 14.6 Å². The predicted octanol–water partition coefficient (Wildman–Crippen LogP) is 5.03. The molecule has 29 heavy (non-hydrogen) atoms. The number of aryl methyl sites for hydroxylation is 2. The van der Waals surface area contributed by atoms with Crippen molar-refractivity contribution in [3.05, 3.63) is 80.4 Å². The van der Waals surface area contributed by atoms with Crippen LogP contribution in [0.4, 0.5) is 10.1 Å². The average molecular weight is 454 g/mol. The molecule has 0 saturated heterocycles. The molecule has 0 aliphatic heterocycles. The molecule has 0 fully saturated rings. The Hall–Kier alpha value is -3.06. The Balaban J connectivity index is 1.85. The highest BCUT2D eigenvalue weighted by atomic mass is 79.9. The van der Waals surface area contributed by atoms with Gasteiger partial charge >= 0.3 is 0 Å². The van der Waals surface area contributed by atoms with Crippen molar-refractivity contribution in [2.75, 3.05) is 5.32 Å². The van der Waals surface area contributed by atoms with Gasteiger partial charge < -0.3 is 9.88 Å².